The smallest absolute Gasteiger partial charge is 0.339 e. The van der Waals surface area contributed by atoms with Crippen LogP contribution in [0.1, 0.15) is 15.9 Å². The second-order valence-electron chi connectivity index (χ2n) is 5.56. The number of methoxy groups -OCH3 is 1. The van der Waals surface area contributed by atoms with Crippen LogP contribution in [0.4, 0.5) is 4.39 Å². The van der Waals surface area contributed by atoms with Crippen LogP contribution in [0.5, 0.6) is 0 Å². The largest absolute Gasteiger partial charge is 0.465 e. The summed E-state index contributed by atoms with van der Waals surface area (Å²) in [5, 5.41) is 0. The molecule has 8 heteroatoms. The fourth-order valence-electron chi connectivity index (χ4n) is 2.53. The summed E-state index contributed by atoms with van der Waals surface area (Å²) in [6.07, 6.45) is 0.481. The van der Waals surface area contributed by atoms with Crippen LogP contribution in [0, 0.1) is 5.82 Å². The van der Waals surface area contributed by atoms with Gasteiger partial charge in [-0.25, -0.2) is 17.6 Å². The minimum absolute atomic E-state index is 0.0765. The Morgan fingerprint density at radius 3 is 2.46 bits per heavy atom. The zero-order valence-corrected chi connectivity index (χ0v) is 15.2. The topological polar surface area (TPSA) is 89.7 Å². The van der Waals surface area contributed by atoms with Crippen molar-refractivity contribution in [3.63, 3.8) is 0 Å². The number of nitrogens with two attached hydrogens (primary N) is 1. The van der Waals surface area contributed by atoms with E-state index in [9.17, 15) is 17.6 Å². The second-order valence-corrected chi connectivity index (χ2v) is 7.47. The molecule has 0 saturated heterocycles. The lowest BCUT2D eigenvalue weighted by molar-refractivity contribution is 0.0595. The van der Waals surface area contributed by atoms with Gasteiger partial charge in [0.25, 0.3) is 0 Å². The molecule has 0 bridgehead atoms. The molecule has 0 atom stereocenters. The normalized spacial score (nSPS) is 11.5. The summed E-state index contributed by atoms with van der Waals surface area (Å²) < 4.78 is 45.4. The highest BCUT2D eigenvalue weighted by molar-refractivity contribution is 7.89. The molecule has 2 N–H and O–H groups in total. The van der Waals surface area contributed by atoms with E-state index < -0.39 is 21.8 Å². The number of esters is 1. The van der Waals surface area contributed by atoms with Gasteiger partial charge in [0.05, 0.1) is 17.6 Å². The minimum Gasteiger partial charge on any atom is -0.465 e. The van der Waals surface area contributed by atoms with E-state index in [1.807, 2.05) is 30.3 Å². The van der Waals surface area contributed by atoms with Crippen molar-refractivity contribution in [1.29, 1.82) is 0 Å². The Hall–Kier alpha value is -2.29. The van der Waals surface area contributed by atoms with E-state index in [2.05, 4.69) is 4.74 Å². The number of carbonyl (C=O) groups excluding carboxylic acids is 1. The maximum atomic E-state index is 13.5. The predicted molar refractivity (Wildman–Crippen MR) is 95.7 cm³/mol. The molecular weight excluding hydrogens is 359 g/mol. The first kappa shape index (κ1) is 20.0. The summed E-state index contributed by atoms with van der Waals surface area (Å²) in [5.41, 5.74) is 6.19. The third-order valence-electron chi connectivity index (χ3n) is 3.84. The van der Waals surface area contributed by atoms with Gasteiger partial charge in [0, 0.05) is 19.6 Å². The Bertz CT molecular complexity index is 857. The molecule has 6 nitrogen and oxygen atoms in total. The number of hydrogen-bond acceptors (Lipinski definition) is 5. The molecule has 2 aromatic carbocycles. The first-order valence-corrected chi connectivity index (χ1v) is 9.46. The number of sulfonamides is 1. The van der Waals surface area contributed by atoms with Crippen molar-refractivity contribution in [1.82, 2.24) is 4.31 Å². The second kappa shape index (κ2) is 8.88. The Morgan fingerprint density at radius 2 is 1.85 bits per heavy atom. The summed E-state index contributed by atoms with van der Waals surface area (Å²) in [5.74, 6) is -1.64. The number of rotatable bonds is 8. The molecule has 0 aromatic heterocycles. The Kier molecular flexibility index (Phi) is 6.84. The zero-order valence-electron chi connectivity index (χ0n) is 14.4. The molecule has 0 unspecified atom stereocenters. The van der Waals surface area contributed by atoms with Gasteiger partial charge in [-0.2, -0.15) is 4.31 Å². The van der Waals surface area contributed by atoms with E-state index >= 15 is 0 Å². The average Bonchev–Trinajstić information content (AvgIpc) is 2.64. The lowest BCUT2D eigenvalue weighted by Gasteiger charge is -2.22. The fourth-order valence-corrected chi connectivity index (χ4v) is 4.15. The quantitative estimate of drug-likeness (QED) is 0.706. The van der Waals surface area contributed by atoms with E-state index in [-0.39, 0.29) is 30.1 Å². The molecule has 0 spiro atoms. The standard InChI is InChI=1S/C18H21FN2O4S/c1-25-18(22)16-13-15(19)7-8-17(16)26(23,24)21(12-10-20)11-9-14-5-3-2-4-6-14/h2-8,13H,9-12,20H2,1H3. The van der Waals surface area contributed by atoms with Gasteiger partial charge >= 0.3 is 5.97 Å². The van der Waals surface area contributed by atoms with Crippen molar-refractivity contribution >= 4 is 16.0 Å². The van der Waals surface area contributed by atoms with E-state index in [4.69, 9.17) is 5.73 Å². The molecule has 0 amide bonds. The first-order valence-electron chi connectivity index (χ1n) is 8.02. The highest BCUT2D eigenvalue weighted by atomic mass is 32.2. The van der Waals surface area contributed by atoms with Crippen LogP contribution in [0.2, 0.25) is 0 Å². The molecular formula is C18H21FN2O4S. The van der Waals surface area contributed by atoms with Crippen molar-refractivity contribution < 1.29 is 22.3 Å². The Balaban J connectivity index is 2.36. The van der Waals surface area contributed by atoms with Crippen LogP contribution < -0.4 is 5.73 Å². The molecule has 26 heavy (non-hydrogen) atoms. The molecule has 140 valence electrons. The summed E-state index contributed by atoms with van der Waals surface area (Å²) in [6, 6.07) is 12.3. The predicted octanol–water partition coefficient (Wildman–Crippen LogP) is 1.80. The van der Waals surface area contributed by atoms with E-state index in [0.29, 0.717) is 6.42 Å². The summed E-state index contributed by atoms with van der Waals surface area (Å²) in [4.78, 5) is 11.6. The molecule has 0 heterocycles. The summed E-state index contributed by atoms with van der Waals surface area (Å²) in [6.45, 7) is 0.372. The third-order valence-corrected chi connectivity index (χ3v) is 5.79. The van der Waals surface area contributed by atoms with Crippen molar-refractivity contribution in [2.75, 3.05) is 26.7 Å². The highest BCUT2D eigenvalue weighted by Crippen LogP contribution is 2.22. The van der Waals surface area contributed by atoms with Crippen molar-refractivity contribution in [2.45, 2.75) is 11.3 Å². The highest BCUT2D eigenvalue weighted by Gasteiger charge is 2.29. The van der Waals surface area contributed by atoms with Crippen LogP contribution in [-0.2, 0) is 21.2 Å². The van der Waals surface area contributed by atoms with Crippen LogP contribution in [-0.4, -0.2) is 45.4 Å². The fraction of sp³-hybridized carbons (Fsp3) is 0.278. The van der Waals surface area contributed by atoms with E-state index in [0.717, 1.165) is 30.9 Å². The lowest BCUT2D eigenvalue weighted by Crippen LogP contribution is -2.37. The number of ether oxygens (including phenoxy) is 1. The molecule has 0 fully saturated rings. The van der Waals surface area contributed by atoms with Gasteiger partial charge in [0.2, 0.25) is 10.0 Å². The van der Waals surface area contributed by atoms with E-state index in [1.165, 1.54) is 4.31 Å². The summed E-state index contributed by atoms with van der Waals surface area (Å²) in [7, 11) is -2.94. The molecule has 0 radical (unpaired) electrons. The minimum atomic E-state index is -4.05. The van der Waals surface area contributed by atoms with Gasteiger partial charge in [0.1, 0.15) is 5.82 Å². The number of hydrogen-bond donors (Lipinski definition) is 1. The van der Waals surface area contributed by atoms with Gasteiger partial charge in [-0.3, -0.25) is 0 Å². The van der Waals surface area contributed by atoms with Crippen LogP contribution >= 0.6 is 0 Å². The number of halogens is 1. The first-order chi connectivity index (χ1) is 12.4. The van der Waals surface area contributed by atoms with Crippen molar-refractivity contribution in [3.8, 4) is 0 Å². The van der Waals surface area contributed by atoms with Gasteiger partial charge < -0.3 is 10.5 Å². The lowest BCUT2D eigenvalue weighted by atomic mass is 10.1. The van der Waals surface area contributed by atoms with Crippen LogP contribution in [0.15, 0.2) is 53.4 Å². The number of benzene rings is 2. The Labute approximate surface area is 152 Å². The monoisotopic (exact) mass is 380 g/mol. The average molecular weight is 380 g/mol. The SMILES string of the molecule is COC(=O)c1cc(F)ccc1S(=O)(=O)N(CCN)CCc1ccccc1. The molecule has 0 aliphatic carbocycles. The molecule has 2 aromatic rings. The van der Waals surface area contributed by atoms with Crippen molar-refractivity contribution in [3.05, 3.63) is 65.5 Å². The zero-order chi connectivity index (χ0) is 19.2. The maximum absolute atomic E-state index is 13.5. The van der Waals surface area contributed by atoms with Gasteiger partial charge in [-0.15, -0.1) is 0 Å². The van der Waals surface area contributed by atoms with Crippen LogP contribution in [0.3, 0.4) is 0 Å². The van der Waals surface area contributed by atoms with Gasteiger partial charge in [-0.1, -0.05) is 30.3 Å². The van der Waals surface area contributed by atoms with Gasteiger partial charge in [-0.05, 0) is 30.2 Å². The summed E-state index contributed by atoms with van der Waals surface area (Å²) >= 11 is 0. The van der Waals surface area contributed by atoms with Gasteiger partial charge in [0.15, 0.2) is 0 Å². The molecule has 0 saturated carbocycles. The number of carbonyl (C=O) groups is 1. The van der Waals surface area contributed by atoms with Crippen molar-refractivity contribution in [2.24, 2.45) is 5.73 Å². The third kappa shape index (κ3) is 4.66. The Morgan fingerprint density at radius 1 is 1.15 bits per heavy atom. The molecule has 2 rings (SSSR count). The number of nitrogens with zero attached hydrogens (tertiary/aromatic N) is 1. The molecule has 0 aliphatic rings. The molecule has 0 aliphatic heterocycles. The van der Waals surface area contributed by atoms with Crippen LogP contribution in [0.25, 0.3) is 0 Å². The maximum Gasteiger partial charge on any atom is 0.339 e. The van der Waals surface area contributed by atoms with E-state index in [1.54, 1.807) is 0 Å².